The van der Waals surface area contributed by atoms with Crippen molar-refractivity contribution in [2.24, 2.45) is 0 Å². The van der Waals surface area contributed by atoms with Crippen molar-refractivity contribution >= 4 is 33.2 Å². The number of nitrogens with one attached hydrogen (secondary N) is 1. The van der Waals surface area contributed by atoms with E-state index >= 15 is 0 Å². The van der Waals surface area contributed by atoms with Crippen molar-refractivity contribution in [2.75, 3.05) is 20.2 Å². The molecule has 1 saturated heterocycles. The average molecular weight is 613 g/mol. The number of sulfonamides is 1. The molecule has 0 amide bonds. The zero-order valence-electron chi connectivity index (χ0n) is 19.8. The number of halogens is 6. The standard InChI is InChI=1S/C22H18Cl2F4N4O6S/c1-37-15-3-2-12(10-16(15)39(35,36)31-6-4-22(27,28)5-7-31)38-18-13(23)8-11(9-14(18)24)32-21(34)29-20(33)17(30-32)19(25)26/h2-3,8-10,19H,4-7H2,1H3,(H,29,33,34). The molecule has 10 nitrogen and oxygen atoms in total. The summed E-state index contributed by atoms with van der Waals surface area (Å²) in [5.74, 6) is -3.30. The molecule has 0 aliphatic carbocycles. The first-order valence-corrected chi connectivity index (χ1v) is 13.2. The van der Waals surface area contributed by atoms with Gasteiger partial charge in [0, 0.05) is 32.0 Å². The number of aromatic amines is 1. The predicted molar refractivity (Wildman–Crippen MR) is 131 cm³/mol. The molecule has 0 saturated carbocycles. The van der Waals surface area contributed by atoms with Gasteiger partial charge in [0.25, 0.3) is 17.9 Å². The van der Waals surface area contributed by atoms with Crippen LogP contribution in [0.2, 0.25) is 10.0 Å². The molecular weight excluding hydrogens is 595 g/mol. The maximum atomic E-state index is 13.6. The number of benzene rings is 2. The number of aromatic nitrogens is 3. The van der Waals surface area contributed by atoms with Crippen molar-refractivity contribution in [3.8, 4) is 22.9 Å². The predicted octanol–water partition coefficient (Wildman–Crippen LogP) is 4.39. The molecule has 17 heteroatoms. The summed E-state index contributed by atoms with van der Waals surface area (Å²) >= 11 is 12.5. The fraction of sp³-hybridized carbons (Fsp3) is 0.318. The van der Waals surface area contributed by atoms with E-state index in [-0.39, 0.29) is 37.9 Å². The fourth-order valence-electron chi connectivity index (χ4n) is 3.73. The summed E-state index contributed by atoms with van der Waals surface area (Å²) in [6.45, 7) is -0.789. The van der Waals surface area contributed by atoms with Crippen LogP contribution in [0.4, 0.5) is 17.6 Å². The monoisotopic (exact) mass is 612 g/mol. The summed E-state index contributed by atoms with van der Waals surface area (Å²) in [7, 11) is -3.03. The molecule has 39 heavy (non-hydrogen) atoms. The van der Waals surface area contributed by atoms with Gasteiger partial charge in [-0.3, -0.25) is 9.78 Å². The summed E-state index contributed by atoms with van der Waals surface area (Å²) in [4.78, 5) is 25.1. The average Bonchev–Trinajstić information content (AvgIpc) is 2.85. The first-order chi connectivity index (χ1) is 18.2. The molecule has 1 aliphatic rings. The third-order valence-electron chi connectivity index (χ3n) is 5.71. The molecule has 4 rings (SSSR count). The van der Waals surface area contributed by atoms with Crippen molar-refractivity contribution in [1.82, 2.24) is 19.1 Å². The van der Waals surface area contributed by atoms with E-state index in [2.05, 4.69) is 5.10 Å². The zero-order chi connectivity index (χ0) is 28.7. The number of alkyl halides is 4. The van der Waals surface area contributed by atoms with E-state index in [1.807, 2.05) is 0 Å². The van der Waals surface area contributed by atoms with Gasteiger partial charge in [0.05, 0.1) is 22.8 Å². The minimum absolute atomic E-state index is 0.0643. The number of H-pyrrole nitrogens is 1. The van der Waals surface area contributed by atoms with Crippen LogP contribution < -0.4 is 20.7 Å². The minimum Gasteiger partial charge on any atom is -0.495 e. The minimum atomic E-state index is -4.26. The number of rotatable bonds is 7. The van der Waals surface area contributed by atoms with E-state index < -0.39 is 65.2 Å². The van der Waals surface area contributed by atoms with E-state index in [1.165, 1.54) is 19.2 Å². The Morgan fingerprint density at radius 1 is 1.08 bits per heavy atom. The van der Waals surface area contributed by atoms with Crippen molar-refractivity contribution in [3.63, 3.8) is 0 Å². The lowest BCUT2D eigenvalue weighted by Crippen LogP contribution is -2.42. The van der Waals surface area contributed by atoms with Crippen LogP contribution >= 0.6 is 23.2 Å². The topological polar surface area (TPSA) is 124 Å². The second kappa shape index (κ2) is 10.8. The summed E-state index contributed by atoms with van der Waals surface area (Å²) in [6, 6.07) is 5.92. The third-order valence-corrected chi connectivity index (χ3v) is 8.20. The zero-order valence-corrected chi connectivity index (χ0v) is 22.1. The molecule has 210 valence electrons. The smallest absolute Gasteiger partial charge is 0.349 e. The molecule has 1 N–H and O–H groups in total. The van der Waals surface area contributed by atoms with Crippen LogP contribution in [-0.4, -0.2) is 53.6 Å². The van der Waals surface area contributed by atoms with Crippen LogP contribution in [0.25, 0.3) is 5.69 Å². The first-order valence-electron chi connectivity index (χ1n) is 11.0. The summed E-state index contributed by atoms with van der Waals surface area (Å²) in [5.41, 5.74) is -3.87. The van der Waals surface area contributed by atoms with E-state index in [9.17, 15) is 35.6 Å². The highest BCUT2D eigenvalue weighted by molar-refractivity contribution is 7.89. The quantitative estimate of drug-likeness (QED) is 0.393. The molecular formula is C22H18Cl2F4N4O6S. The first kappa shape index (κ1) is 28.9. The Morgan fingerprint density at radius 3 is 2.26 bits per heavy atom. The van der Waals surface area contributed by atoms with Crippen LogP contribution in [0.3, 0.4) is 0 Å². The van der Waals surface area contributed by atoms with Crippen molar-refractivity contribution < 1.29 is 35.5 Å². The van der Waals surface area contributed by atoms with Crippen molar-refractivity contribution in [3.05, 3.63) is 66.9 Å². The molecule has 3 aromatic rings. The molecule has 2 heterocycles. The summed E-state index contributed by atoms with van der Waals surface area (Å²) in [6.07, 6.45) is -4.53. The maximum absolute atomic E-state index is 13.6. The summed E-state index contributed by atoms with van der Waals surface area (Å²) in [5, 5.41) is 2.91. The van der Waals surface area contributed by atoms with E-state index in [4.69, 9.17) is 32.7 Å². The molecule has 0 unspecified atom stereocenters. The third kappa shape index (κ3) is 5.90. The van der Waals surface area contributed by atoms with Crippen molar-refractivity contribution in [1.29, 1.82) is 0 Å². The Balaban J connectivity index is 1.69. The van der Waals surface area contributed by atoms with E-state index in [0.29, 0.717) is 4.68 Å². The largest absolute Gasteiger partial charge is 0.495 e. The molecule has 1 aliphatic heterocycles. The van der Waals surface area contributed by atoms with Gasteiger partial charge >= 0.3 is 5.69 Å². The normalized spacial score (nSPS) is 15.9. The van der Waals surface area contributed by atoms with Gasteiger partial charge in [0.15, 0.2) is 11.4 Å². The second-order valence-electron chi connectivity index (χ2n) is 8.27. The Bertz CT molecular complexity index is 1620. The molecule has 2 aromatic carbocycles. The number of ether oxygens (including phenoxy) is 2. The number of methoxy groups -OCH3 is 1. The van der Waals surface area contributed by atoms with Gasteiger partial charge in [-0.1, -0.05) is 23.2 Å². The number of nitrogens with zero attached hydrogens (tertiary/aromatic N) is 3. The number of piperidine rings is 1. The molecule has 0 radical (unpaired) electrons. The highest BCUT2D eigenvalue weighted by Crippen LogP contribution is 2.40. The van der Waals surface area contributed by atoms with Gasteiger partial charge in [-0.25, -0.2) is 30.8 Å². The fourth-order valence-corrected chi connectivity index (χ4v) is 5.89. The van der Waals surface area contributed by atoms with Gasteiger partial charge in [-0.15, -0.1) is 0 Å². The van der Waals surface area contributed by atoms with Crippen LogP contribution in [0, 0.1) is 0 Å². The highest BCUT2D eigenvalue weighted by atomic mass is 35.5. The van der Waals surface area contributed by atoms with Crippen LogP contribution in [-0.2, 0) is 10.0 Å². The molecule has 0 spiro atoms. The Hall–Kier alpha value is -3.14. The summed E-state index contributed by atoms with van der Waals surface area (Å²) < 4.78 is 92.0. The molecule has 0 bridgehead atoms. The van der Waals surface area contributed by atoms with Gasteiger partial charge in [-0.05, 0) is 24.3 Å². The van der Waals surface area contributed by atoms with Gasteiger partial charge in [0.1, 0.15) is 16.4 Å². The Labute approximate surface area is 227 Å². The second-order valence-corrected chi connectivity index (χ2v) is 11.0. The van der Waals surface area contributed by atoms with Gasteiger partial charge in [-0.2, -0.15) is 14.1 Å². The Kier molecular flexibility index (Phi) is 7.98. The molecule has 0 atom stereocenters. The SMILES string of the molecule is COc1ccc(Oc2c(Cl)cc(-n3nc(C(F)F)c(=O)[nH]c3=O)cc2Cl)cc1S(=O)(=O)N1CCC(F)(F)CC1. The molecule has 1 aromatic heterocycles. The molecule has 1 fully saturated rings. The van der Waals surface area contributed by atoms with Gasteiger partial charge < -0.3 is 9.47 Å². The van der Waals surface area contributed by atoms with Gasteiger partial charge in [0.2, 0.25) is 10.0 Å². The highest BCUT2D eigenvalue weighted by Gasteiger charge is 2.39. The van der Waals surface area contributed by atoms with Crippen LogP contribution in [0.1, 0.15) is 25.0 Å². The lowest BCUT2D eigenvalue weighted by molar-refractivity contribution is -0.0412. The van der Waals surface area contributed by atoms with Crippen LogP contribution in [0.5, 0.6) is 17.2 Å². The van der Waals surface area contributed by atoms with Crippen molar-refractivity contribution in [2.45, 2.75) is 30.1 Å². The Morgan fingerprint density at radius 2 is 1.69 bits per heavy atom. The van der Waals surface area contributed by atoms with E-state index in [0.717, 1.165) is 22.5 Å². The maximum Gasteiger partial charge on any atom is 0.349 e. The number of hydrogen-bond donors (Lipinski definition) is 1. The van der Waals surface area contributed by atoms with Crippen LogP contribution in [0.15, 0.2) is 44.8 Å². The van der Waals surface area contributed by atoms with E-state index in [1.54, 1.807) is 4.98 Å². The lowest BCUT2D eigenvalue weighted by Gasteiger charge is -2.31. The number of hydrogen-bond acceptors (Lipinski definition) is 7. The lowest BCUT2D eigenvalue weighted by atomic mass is 10.1.